The van der Waals surface area contributed by atoms with Gasteiger partial charge in [0.15, 0.2) is 5.82 Å². The largest absolute Gasteiger partial charge is 0.392 e. The Bertz CT molecular complexity index is 1140. The second-order valence-electron chi connectivity index (χ2n) is 8.42. The second kappa shape index (κ2) is 15.4. The summed E-state index contributed by atoms with van der Waals surface area (Å²) in [4.78, 5) is 0.865. The molecule has 2 rings (SSSR count). The van der Waals surface area contributed by atoms with E-state index in [-0.39, 0.29) is 30.0 Å². The van der Waals surface area contributed by atoms with E-state index >= 15 is 0 Å². The molecule has 0 unspecified atom stereocenters. The molecule has 1 N–H and O–H groups in total. The topological polar surface area (TPSA) is 111 Å². The van der Waals surface area contributed by atoms with Gasteiger partial charge in [0.2, 0.25) is 0 Å². The molecule has 2 aromatic rings. The number of ether oxygens (including phenoxy) is 3. The van der Waals surface area contributed by atoms with Gasteiger partial charge in [-0.05, 0) is 64.2 Å². The minimum absolute atomic E-state index is 0.00427. The van der Waals surface area contributed by atoms with E-state index in [1.165, 1.54) is 11.3 Å². The first-order valence-electron chi connectivity index (χ1n) is 12.4. The van der Waals surface area contributed by atoms with Crippen molar-refractivity contribution in [2.75, 3.05) is 51.2 Å². The summed E-state index contributed by atoms with van der Waals surface area (Å²) >= 11 is 1.21. The van der Waals surface area contributed by atoms with Crippen LogP contribution in [0.25, 0.3) is 5.57 Å². The molecule has 0 spiro atoms. The fourth-order valence-corrected chi connectivity index (χ4v) is 6.68. The number of allylic oxidation sites excluding steroid dienone is 2. The van der Waals surface area contributed by atoms with Crippen LogP contribution in [0.3, 0.4) is 0 Å². The second-order valence-corrected chi connectivity index (χ2v) is 11.7. The van der Waals surface area contributed by atoms with Crippen LogP contribution in [0.15, 0.2) is 32.5 Å². The minimum atomic E-state index is -4.06. The summed E-state index contributed by atoms with van der Waals surface area (Å²) in [6.07, 6.45) is 5.87. The molecule has 0 aliphatic rings. The van der Waals surface area contributed by atoms with Gasteiger partial charge in [-0.25, -0.2) is 12.7 Å². The van der Waals surface area contributed by atoms with Crippen molar-refractivity contribution in [1.82, 2.24) is 5.16 Å². The third-order valence-electron chi connectivity index (χ3n) is 5.85. The Morgan fingerprint density at radius 3 is 2.51 bits per heavy atom. The number of thiophene rings is 1. The van der Waals surface area contributed by atoms with Crippen LogP contribution >= 0.6 is 11.3 Å². The molecule has 0 radical (unpaired) electrons. The highest BCUT2D eigenvalue weighted by Gasteiger charge is 2.34. The van der Waals surface area contributed by atoms with Gasteiger partial charge in [0.25, 0.3) is 10.0 Å². The zero-order valence-electron chi connectivity index (χ0n) is 22.7. The van der Waals surface area contributed by atoms with E-state index in [9.17, 15) is 13.5 Å². The number of aryl methyl sites for hydroxylation is 2. The van der Waals surface area contributed by atoms with Crippen molar-refractivity contribution in [3.63, 3.8) is 0 Å². The first-order chi connectivity index (χ1) is 17.7. The Balaban J connectivity index is 2.56. The smallest absolute Gasteiger partial charge is 0.277 e. The van der Waals surface area contributed by atoms with E-state index in [0.29, 0.717) is 49.5 Å². The van der Waals surface area contributed by atoms with Gasteiger partial charge in [-0.3, -0.25) is 0 Å². The molecule has 2 aromatic heterocycles. The summed E-state index contributed by atoms with van der Waals surface area (Å²) in [5.74, 6) is 0.736. The fraction of sp³-hybridized carbons (Fsp3) is 0.577. The zero-order chi connectivity index (χ0) is 27.4. The Hall–Kier alpha value is -2.02. The Labute approximate surface area is 224 Å². The van der Waals surface area contributed by atoms with Crippen molar-refractivity contribution < 1.29 is 32.3 Å². The van der Waals surface area contributed by atoms with Gasteiger partial charge in [0, 0.05) is 29.7 Å². The van der Waals surface area contributed by atoms with Crippen LogP contribution in [-0.4, -0.2) is 65.6 Å². The normalized spacial score (nSPS) is 12.9. The predicted molar refractivity (Wildman–Crippen MR) is 147 cm³/mol. The summed E-state index contributed by atoms with van der Waals surface area (Å²) in [7, 11) is -2.51. The monoisotopic (exact) mass is 556 g/mol. The molecule has 0 amide bonds. The number of methoxy groups -OCH3 is 1. The lowest BCUT2D eigenvalue weighted by Gasteiger charge is -2.22. The highest BCUT2D eigenvalue weighted by molar-refractivity contribution is 7.94. The van der Waals surface area contributed by atoms with Crippen molar-refractivity contribution in [3.05, 3.63) is 45.6 Å². The maximum absolute atomic E-state index is 14.1. The van der Waals surface area contributed by atoms with Gasteiger partial charge in [0.05, 0.1) is 26.4 Å². The van der Waals surface area contributed by atoms with Crippen molar-refractivity contribution in [2.45, 2.75) is 58.1 Å². The molecule has 0 saturated carbocycles. The molecule has 0 aliphatic carbocycles. The molecule has 11 heteroatoms. The molecule has 0 atom stereocenters. The Kier molecular flexibility index (Phi) is 13.0. The maximum atomic E-state index is 14.1. The van der Waals surface area contributed by atoms with Gasteiger partial charge in [-0.15, -0.1) is 11.3 Å². The lowest BCUT2D eigenvalue weighted by atomic mass is 10.0. The van der Waals surface area contributed by atoms with Crippen LogP contribution in [0, 0.1) is 20.8 Å². The highest BCUT2D eigenvalue weighted by atomic mass is 32.2. The van der Waals surface area contributed by atoms with Crippen LogP contribution in [0.1, 0.15) is 54.9 Å². The Morgan fingerprint density at radius 1 is 1.16 bits per heavy atom. The SMILES string of the molecule is CCOCC/C(=C\C/C=C(\CC)CO)c1cc(C)sc1S(=O)(=O)N(COCCOC)c1noc(C)c1C. The first kappa shape index (κ1) is 31.2. The molecule has 0 aliphatic heterocycles. The fourth-order valence-electron chi connectivity index (χ4n) is 3.54. The molecule has 0 aromatic carbocycles. The Morgan fingerprint density at radius 2 is 1.92 bits per heavy atom. The van der Waals surface area contributed by atoms with Crippen molar-refractivity contribution >= 4 is 32.8 Å². The third-order valence-corrected chi connectivity index (χ3v) is 9.12. The van der Waals surface area contributed by atoms with Crippen molar-refractivity contribution in [2.24, 2.45) is 0 Å². The minimum Gasteiger partial charge on any atom is -0.392 e. The first-order valence-corrected chi connectivity index (χ1v) is 14.6. The van der Waals surface area contributed by atoms with Crippen LogP contribution < -0.4 is 4.31 Å². The van der Waals surface area contributed by atoms with Gasteiger partial charge in [-0.2, -0.15) is 0 Å². The lowest BCUT2D eigenvalue weighted by molar-refractivity contribution is 0.0753. The summed E-state index contributed by atoms with van der Waals surface area (Å²) in [6.45, 7) is 10.7. The molecule has 0 saturated heterocycles. The average molecular weight is 557 g/mol. The van der Waals surface area contributed by atoms with Gasteiger partial charge in [-0.1, -0.05) is 24.2 Å². The molecule has 9 nitrogen and oxygen atoms in total. The third kappa shape index (κ3) is 8.49. The number of nitrogens with zero attached hydrogens (tertiary/aromatic N) is 2. The lowest BCUT2D eigenvalue weighted by Crippen LogP contribution is -2.34. The number of anilines is 1. The number of hydrogen-bond acceptors (Lipinski definition) is 9. The zero-order valence-corrected chi connectivity index (χ0v) is 24.3. The van der Waals surface area contributed by atoms with Crippen LogP contribution in [0.4, 0.5) is 5.82 Å². The number of sulfonamides is 1. The van der Waals surface area contributed by atoms with E-state index in [2.05, 4.69) is 5.16 Å². The van der Waals surface area contributed by atoms with Crippen LogP contribution in [0.2, 0.25) is 0 Å². The molecule has 37 heavy (non-hydrogen) atoms. The van der Waals surface area contributed by atoms with E-state index in [0.717, 1.165) is 26.7 Å². The van der Waals surface area contributed by atoms with Crippen molar-refractivity contribution in [3.8, 4) is 0 Å². The predicted octanol–water partition coefficient (Wildman–Crippen LogP) is 5.01. The van der Waals surface area contributed by atoms with Crippen molar-refractivity contribution in [1.29, 1.82) is 0 Å². The molecular formula is C26H40N2O7S2. The summed E-state index contributed by atoms with van der Waals surface area (Å²) in [6, 6.07) is 1.90. The summed E-state index contributed by atoms with van der Waals surface area (Å²) in [5.41, 5.74) is 3.07. The number of aliphatic hydroxyl groups excluding tert-OH is 1. The summed E-state index contributed by atoms with van der Waals surface area (Å²) in [5, 5.41) is 13.5. The van der Waals surface area contributed by atoms with E-state index in [4.69, 9.17) is 18.7 Å². The van der Waals surface area contributed by atoms with E-state index in [1.54, 1.807) is 21.0 Å². The molecule has 2 heterocycles. The molecule has 0 bridgehead atoms. The highest BCUT2D eigenvalue weighted by Crippen LogP contribution is 2.38. The quantitative estimate of drug-likeness (QED) is 0.165. The summed E-state index contributed by atoms with van der Waals surface area (Å²) < 4.78 is 51.2. The molecule has 0 fully saturated rings. The number of aliphatic hydroxyl groups is 1. The van der Waals surface area contributed by atoms with Gasteiger partial charge in [0.1, 0.15) is 16.7 Å². The van der Waals surface area contributed by atoms with Crippen LogP contribution in [-0.2, 0) is 24.2 Å². The number of aromatic nitrogens is 1. The van der Waals surface area contributed by atoms with E-state index in [1.807, 2.05) is 39.0 Å². The number of rotatable bonds is 17. The van der Waals surface area contributed by atoms with Gasteiger partial charge < -0.3 is 23.8 Å². The average Bonchev–Trinajstić information content (AvgIpc) is 3.43. The molecule has 208 valence electrons. The van der Waals surface area contributed by atoms with E-state index < -0.39 is 10.0 Å². The van der Waals surface area contributed by atoms with Gasteiger partial charge >= 0.3 is 0 Å². The maximum Gasteiger partial charge on any atom is 0.277 e. The molecular weight excluding hydrogens is 516 g/mol. The number of hydrogen-bond donors (Lipinski definition) is 1. The van der Waals surface area contributed by atoms with Crippen LogP contribution in [0.5, 0.6) is 0 Å². The standard InChI is InChI=1S/C26H40N2O7S2/c1-7-22(17-29)10-9-11-23(12-13-33-8-2)24-16-19(3)36-26(24)37(30,31)28(18-34-15-14-32-6)25-20(4)21(5)35-27-25/h10-11,16,29H,7-9,12-15,17-18H2,1-6H3/b22-10+,23-11+.